The van der Waals surface area contributed by atoms with Gasteiger partial charge < -0.3 is 58.1 Å². The third-order valence-corrected chi connectivity index (χ3v) is 9.22. The Labute approximate surface area is 307 Å². The Morgan fingerprint density at radius 2 is 1.28 bits per heavy atom. The van der Waals surface area contributed by atoms with Crippen molar-refractivity contribution in [1.82, 2.24) is 36.4 Å². The molecule has 53 heavy (non-hydrogen) atoms. The molecule has 20 heteroatoms. The molecule has 0 radical (unpaired) electrons. The Morgan fingerprint density at radius 1 is 0.736 bits per heavy atom. The summed E-state index contributed by atoms with van der Waals surface area (Å²) in [5, 5.41) is 31.6. The van der Waals surface area contributed by atoms with E-state index in [1.165, 1.54) is 23.6 Å². The number of aliphatic carboxylic acids is 1. The van der Waals surface area contributed by atoms with Crippen molar-refractivity contribution < 1.29 is 53.4 Å². The molecule has 0 saturated carbocycles. The molecule has 0 spiro atoms. The predicted octanol–water partition coefficient (Wildman–Crippen LogP) is -3.83. The molecule has 0 aromatic carbocycles. The van der Waals surface area contributed by atoms with E-state index in [9.17, 15) is 53.4 Å². The van der Waals surface area contributed by atoms with Crippen LogP contribution >= 0.6 is 0 Å². The standard InChI is InChI=1S/C33H55N9O11/c1-17(2)26(32(52)36-18(3)27(35)47)40-31(51)24-11-8-14-42(24)33(53)20(9-5-6-12-34)37-28(48)21(15-25(45)46)38-29(49)22(16-43)39-30(50)23-10-7-13-41(23)19(4)44/h17-18,20-24,26,43H,5-16,34H2,1-4H3,(H2,35,47)(H,36,52)(H,37,48)(H,38,49)(H,39,50)(H,40,51)(H,45,46). The van der Waals surface area contributed by atoms with Gasteiger partial charge in [-0.2, -0.15) is 0 Å². The van der Waals surface area contributed by atoms with Crippen LogP contribution in [0.15, 0.2) is 0 Å². The van der Waals surface area contributed by atoms with Gasteiger partial charge >= 0.3 is 5.97 Å². The second kappa shape index (κ2) is 21.0. The van der Waals surface area contributed by atoms with Crippen LogP contribution < -0.4 is 38.1 Å². The molecular formula is C33H55N9O11. The van der Waals surface area contributed by atoms with Crippen molar-refractivity contribution in [2.75, 3.05) is 26.2 Å². The van der Waals surface area contributed by atoms with E-state index in [0.29, 0.717) is 38.6 Å². The number of carbonyl (C=O) groups is 9. The van der Waals surface area contributed by atoms with Crippen LogP contribution in [0.4, 0.5) is 0 Å². The van der Waals surface area contributed by atoms with Gasteiger partial charge in [0.15, 0.2) is 0 Å². The number of rotatable bonds is 20. The fourth-order valence-corrected chi connectivity index (χ4v) is 6.22. The topological polar surface area (TPSA) is 313 Å². The second-order valence-electron chi connectivity index (χ2n) is 13.7. The van der Waals surface area contributed by atoms with Crippen molar-refractivity contribution in [1.29, 1.82) is 0 Å². The van der Waals surface area contributed by atoms with Gasteiger partial charge in [0.2, 0.25) is 47.3 Å². The maximum Gasteiger partial charge on any atom is 0.305 e. The van der Waals surface area contributed by atoms with Crippen LogP contribution in [0.1, 0.15) is 79.1 Å². The molecule has 2 heterocycles. The number of aliphatic hydroxyl groups excluding tert-OH is 1. The second-order valence-corrected chi connectivity index (χ2v) is 13.7. The summed E-state index contributed by atoms with van der Waals surface area (Å²) < 4.78 is 0. The van der Waals surface area contributed by atoms with E-state index in [0.717, 1.165) is 0 Å². The zero-order valence-electron chi connectivity index (χ0n) is 30.7. The lowest BCUT2D eigenvalue weighted by atomic mass is 10.0. The number of aliphatic hydroxyl groups is 1. The van der Waals surface area contributed by atoms with Crippen LogP contribution in [0.25, 0.3) is 0 Å². The Bertz CT molecular complexity index is 1380. The van der Waals surface area contributed by atoms with Gasteiger partial charge in [-0.3, -0.25) is 43.2 Å². The molecule has 11 N–H and O–H groups in total. The summed E-state index contributed by atoms with van der Waals surface area (Å²) in [6.07, 6.45) is 1.49. The van der Waals surface area contributed by atoms with Gasteiger partial charge in [-0.25, -0.2) is 0 Å². The summed E-state index contributed by atoms with van der Waals surface area (Å²) in [7, 11) is 0. The summed E-state index contributed by atoms with van der Waals surface area (Å²) in [6.45, 7) is 5.89. The lowest BCUT2D eigenvalue weighted by molar-refractivity contribution is -0.144. The molecule has 2 rings (SSSR count). The van der Waals surface area contributed by atoms with E-state index in [1.54, 1.807) is 13.8 Å². The molecule has 20 nitrogen and oxygen atoms in total. The smallest absolute Gasteiger partial charge is 0.305 e. The fourth-order valence-electron chi connectivity index (χ4n) is 6.22. The molecule has 0 aromatic heterocycles. The van der Waals surface area contributed by atoms with Crippen molar-refractivity contribution in [3.63, 3.8) is 0 Å². The van der Waals surface area contributed by atoms with E-state index < -0.39 is 109 Å². The summed E-state index contributed by atoms with van der Waals surface area (Å²) in [4.78, 5) is 118. The largest absolute Gasteiger partial charge is 0.481 e. The Morgan fingerprint density at radius 3 is 1.81 bits per heavy atom. The number of nitrogens with zero attached hydrogens (tertiary/aromatic N) is 2. The Balaban J connectivity index is 2.23. The molecule has 7 unspecified atom stereocenters. The number of likely N-dealkylation sites (tertiary alicyclic amines) is 2. The average molecular weight is 754 g/mol. The number of hydrogen-bond donors (Lipinski definition) is 9. The molecule has 0 bridgehead atoms. The van der Waals surface area contributed by atoms with E-state index in [1.807, 2.05) is 0 Å². The lowest BCUT2D eigenvalue weighted by Crippen LogP contribution is -2.60. The number of carbonyl (C=O) groups excluding carboxylic acids is 8. The van der Waals surface area contributed by atoms with Crippen molar-refractivity contribution in [3.8, 4) is 0 Å². The van der Waals surface area contributed by atoms with E-state index >= 15 is 0 Å². The highest BCUT2D eigenvalue weighted by Crippen LogP contribution is 2.21. The third-order valence-electron chi connectivity index (χ3n) is 9.22. The molecule has 2 saturated heterocycles. The molecule has 8 amide bonds. The fraction of sp³-hybridized carbons (Fsp3) is 0.727. The van der Waals surface area contributed by atoms with E-state index in [-0.39, 0.29) is 31.8 Å². The average Bonchev–Trinajstić information content (AvgIpc) is 3.79. The summed E-state index contributed by atoms with van der Waals surface area (Å²) in [5.74, 6) is -7.78. The number of nitrogens with one attached hydrogen (secondary N) is 5. The zero-order valence-corrected chi connectivity index (χ0v) is 30.7. The number of nitrogens with two attached hydrogens (primary N) is 2. The minimum absolute atomic E-state index is 0.0474. The molecule has 0 aromatic rings. The first kappa shape index (κ1) is 44.3. The molecule has 2 aliphatic heterocycles. The first-order valence-electron chi connectivity index (χ1n) is 17.8. The number of primary amides is 1. The maximum absolute atomic E-state index is 14.0. The number of carboxylic acids is 1. The number of carboxylic acid groups (broad SMARTS) is 1. The van der Waals surface area contributed by atoms with Gasteiger partial charge in [-0.15, -0.1) is 0 Å². The van der Waals surface area contributed by atoms with Gasteiger partial charge in [0.05, 0.1) is 13.0 Å². The molecule has 0 aliphatic carbocycles. The molecule has 7 atom stereocenters. The lowest BCUT2D eigenvalue weighted by Gasteiger charge is -2.31. The van der Waals surface area contributed by atoms with Crippen molar-refractivity contribution in [3.05, 3.63) is 0 Å². The van der Waals surface area contributed by atoms with Gasteiger partial charge in [-0.1, -0.05) is 13.8 Å². The number of hydrogen-bond acceptors (Lipinski definition) is 11. The van der Waals surface area contributed by atoms with Crippen LogP contribution in [0.5, 0.6) is 0 Å². The van der Waals surface area contributed by atoms with Gasteiger partial charge in [0.25, 0.3) is 0 Å². The van der Waals surface area contributed by atoms with Gasteiger partial charge in [0, 0.05) is 20.0 Å². The molecule has 2 aliphatic rings. The van der Waals surface area contributed by atoms with Crippen LogP contribution in [0.2, 0.25) is 0 Å². The maximum atomic E-state index is 14.0. The minimum atomic E-state index is -1.75. The summed E-state index contributed by atoms with van der Waals surface area (Å²) >= 11 is 0. The van der Waals surface area contributed by atoms with Crippen LogP contribution in [-0.2, 0) is 43.2 Å². The summed E-state index contributed by atoms with van der Waals surface area (Å²) in [6, 6.07) is -8.58. The van der Waals surface area contributed by atoms with Gasteiger partial charge in [0.1, 0.15) is 42.3 Å². The highest BCUT2D eigenvalue weighted by Gasteiger charge is 2.41. The van der Waals surface area contributed by atoms with E-state index in [2.05, 4.69) is 26.6 Å². The molecule has 2 fully saturated rings. The third kappa shape index (κ3) is 13.0. The van der Waals surface area contributed by atoms with Crippen LogP contribution in [0, 0.1) is 5.92 Å². The van der Waals surface area contributed by atoms with Crippen LogP contribution in [-0.4, -0.2) is 142 Å². The van der Waals surface area contributed by atoms with Crippen LogP contribution in [0.3, 0.4) is 0 Å². The summed E-state index contributed by atoms with van der Waals surface area (Å²) in [5.41, 5.74) is 10.9. The minimum Gasteiger partial charge on any atom is -0.481 e. The first-order chi connectivity index (χ1) is 24.9. The number of unbranched alkanes of at least 4 members (excludes halogenated alkanes) is 1. The van der Waals surface area contributed by atoms with Gasteiger partial charge in [-0.05, 0) is 64.3 Å². The van der Waals surface area contributed by atoms with Crippen molar-refractivity contribution in [2.24, 2.45) is 17.4 Å². The zero-order chi connectivity index (χ0) is 40.0. The molecular weight excluding hydrogens is 698 g/mol. The molecule has 298 valence electrons. The SMILES string of the molecule is CC(=O)N1CCCC1C(=O)NC(CO)C(=O)NC(CC(=O)O)C(=O)NC(CCCCN)C(=O)N1CCCC1C(=O)NC(C(=O)NC(C)C(N)=O)C(C)C. The monoisotopic (exact) mass is 753 g/mol. The van der Waals surface area contributed by atoms with Crippen molar-refractivity contribution in [2.45, 2.75) is 121 Å². The predicted molar refractivity (Wildman–Crippen MR) is 187 cm³/mol. The Kier molecular flexibility index (Phi) is 17.6. The van der Waals surface area contributed by atoms with Crippen molar-refractivity contribution >= 4 is 53.2 Å². The highest BCUT2D eigenvalue weighted by molar-refractivity contribution is 5.98. The quantitative estimate of drug-likeness (QED) is 0.0541. The normalized spacial score (nSPS) is 19.7. The first-order valence-corrected chi connectivity index (χ1v) is 17.8. The highest BCUT2D eigenvalue weighted by atomic mass is 16.4. The Hall–Kier alpha value is -4.85. The van der Waals surface area contributed by atoms with E-state index in [4.69, 9.17) is 11.5 Å². The number of amides is 8.